The fourth-order valence-electron chi connectivity index (χ4n) is 6.30. The van der Waals surface area contributed by atoms with Gasteiger partial charge in [0.15, 0.2) is 5.78 Å². The molecule has 3 heterocycles. The summed E-state index contributed by atoms with van der Waals surface area (Å²) < 4.78 is 5.53. The number of ether oxygens (including phenoxy) is 1. The molecule has 36 heavy (non-hydrogen) atoms. The highest BCUT2D eigenvalue weighted by molar-refractivity contribution is 6.01. The van der Waals surface area contributed by atoms with Crippen LogP contribution in [0.3, 0.4) is 0 Å². The monoisotopic (exact) mass is 510 g/mol. The Kier molecular flexibility index (Phi) is 8.74. The number of amides is 1. The molecular formula is C30H39ClN2O3. The summed E-state index contributed by atoms with van der Waals surface area (Å²) in [7, 11) is 1.74. The van der Waals surface area contributed by atoms with Crippen LogP contribution in [0.4, 0.5) is 5.69 Å². The zero-order valence-corrected chi connectivity index (χ0v) is 22.4. The molecule has 0 radical (unpaired) electrons. The van der Waals surface area contributed by atoms with E-state index in [0.717, 1.165) is 81.6 Å². The Labute approximate surface area is 221 Å². The Morgan fingerprint density at radius 3 is 2.53 bits per heavy atom. The van der Waals surface area contributed by atoms with Crippen LogP contribution in [-0.2, 0) is 24.1 Å². The van der Waals surface area contributed by atoms with Crippen LogP contribution in [0.25, 0.3) is 0 Å². The molecule has 0 aliphatic carbocycles. The van der Waals surface area contributed by atoms with Gasteiger partial charge in [-0.15, -0.1) is 12.4 Å². The standard InChI is InChI=1S/C30H38N2O3.ClH/c1-21(18-23-6-3-4-8-28(23)35-2)31-16-13-22(14-17-31)9-11-27(33)26-19-24-7-5-15-32-29(34)12-10-25(20-26)30(24)32;/h3-4,6,8,19-22H,5,7,9-18H2,1-2H3;1H. The Balaban J connectivity index is 0.00000304. The number of para-hydroxylation sites is 1. The van der Waals surface area contributed by atoms with Gasteiger partial charge in [-0.2, -0.15) is 0 Å². The van der Waals surface area contributed by atoms with Gasteiger partial charge in [-0.1, -0.05) is 18.2 Å². The van der Waals surface area contributed by atoms with Crippen molar-refractivity contribution in [2.45, 2.75) is 70.8 Å². The minimum Gasteiger partial charge on any atom is -0.496 e. The van der Waals surface area contributed by atoms with Gasteiger partial charge in [0.05, 0.1) is 12.8 Å². The van der Waals surface area contributed by atoms with Gasteiger partial charge in [-0.3, -0.25) is 9.59 Å². The van der Waals surface area contributed by atoms with Gasteiger partial charge < -0.3 is 14.5 Å². The van der Waals surface area contributed by atoms with Gasteiger partial charge in [-0.05, 0) is 106 Å². The third-order valence-corrected chi connectivity index (χ3v) is 8.36. The van der Waals surface area contributed by atoms with Crippen LogP contribution >= 0.6 is 12.4 Å². The highest BCUT2D eigenvalue weighted by atomic mass is 35.5. The number of hydrogen-bond acceptors (Lipinski definition) is 4. The number of aryl methyl sites for hydroxylation is 2. The van der Waals surface area contributed by atoms with Crippen LogP contribution in [0, 0.1) is 5.92 Å². The summed E-state index contributed by atoms with van der Waals surface area (Å²) in [6.45, 7) is 5.33. The normalized spacial score (nSPS) is 18.8. The summed E-state index contributed by atoms with van der Waals surface area (Å²) in [6.07, 6.45) is 8.22. The molecule has 2 aromatic carbocycles. The molecule has 1 atom stereocenters. The van der Waals surface area contributed by atoms with Crippen molar-refractivity contribution in [1.29, 1.82) is 0 Å². The molecule has 1 fully saturated rings. The fourth-order valence-corrected chi connectivity index (χ4v) is 6.30. The van der Waals surface area contributed by atoms with Crippen LogP contribution in [0.15, 0.2) is 36.4 Å². The molecule has 3 aliphatic rings. The lowest BCUT2D eigenvalue weighted by Crippen LogP contribution is -2.41. The summed E-state index contributed by atoms with van der Waals surface area (Å²) in [6, 6.07) is 12.9. The second kappa shape index (κ2) is 11.8. The van der Waals surface area contributed by atoms with Crippen LogP contribution in [-0.4, -0.2) is 49.4 Å². The molecule has 5 rings (SSSR count). The van der Waals surface area contributed by atoms with E-state index in [1.807, 2.05) is 17.0 Å². The van der Waals surface area contributed by atoms with E-state index >= 15 is 0 Å². The third-order valence-electron chi connectivity index (χ3n) is 8.36. The van der Waals surface area contributed by atoms with Crippen molar-refractivity contribution < 1.29 is 14.3 Å². The van der Waals surface area contributed by atoms with Crippen molar-refractivity contribution in [1.82, 2.24) is 4.90 Å². The number of Topliss-reactive ketones (excluding diaryl/α,β-unsaturated/α-hetero) is 1. The molecule has 0 spiro atoms. The second-order valence-corrected chi connectivity index (χ2v) is 10.6. The van der Waals surface area contributed by atoms with E-state index in [9.17, 15) is 9.59 Å². The maximum Gasteiger partial charge on any atom is 0.227 e. The van der Waals surface area contributed by atoms with Crippen LogP contribution in [0.2, 0.25) is 0 Å². The van der Waals surface area contributed by atoms with E-state index in [4.69, 9.17) is 4.74 Å². The van der Waals surface area contributed by atoms with Crippen molar-refractivity contribution in [3.8, 4) is 5.75 Å². The van der Waals surface area contributed by atoms with Crippen LogP contribution in [0.5, 0.6) is 5.75 Å². The number of methoxy groups -OCH3 is 1. The first-order chi connectivity index (χ1) is 17.0. The van der Waals surface area contributed by atoms with E-state index in [1.165, 1.54) is 16.7 Å². The molecule has 194 valence electrons. The zero-order valence-electron chi connectivity index (χ0n) is 21.6. The first-order valence-corrected chi connectivity index (χ1v) is 13.4. The summed E-state index contributed by atoms with van der Waals surface area (Å²) in [5, 5.41) is 0. The van der Waals surface area contributed by atoms with Crippen molar-refractivity contribution in [2.75, 3.05) is 31.6 Å². The molecule has 1 amide bonds. The van der Waals surface area contributed by atoms with Crippen molar-refractivity contribution in [2.24, 2.45) is 5.92 Å². The minimum absolute atomic E-state index is 0. The number of piperidine rings is 1. The van der Waals surface area contributed by atoms with Crippen molar-refractivity contribution >= 4 is 29.8 Å². The van der Waals surface area contributed by atoms with Crippen LogP contribution < -0.4 is 9.64 Å². The smallest absolute Gasteiger partial charge is 0.227 e. The summed E-state index contributed by atoms with van der Waals surface area (Å²) in [5.74, 6) is 2.10. The maximum absolute atomic E-state index is 13.1. The van der Waals surface area contributed by atoms with E-state index in [1.54, 1.807) is 7.11 Å². The lowest BCUT2D eigenvalue weighted by molar-refractivity contribution is -0.119. The predicted molar refractivity (Wildman–Crippen MR) is 147 cm³/mol. The Morgan fingerprint density at radius 2 is 1.78 bits per heavy atom. The van der Waals surface area contributed by atoms with E-state index in [2.05, 4.69) is 36.1 Å². The number of carbonyl (C=O) groups is 2. The molecule has 6 heteroatoms. The van der Waals surface area contributed by atoms with Crippen molar-refractivity contribution in [3.63, 3.8) is 0 Å². The fraction of sp³-hybridized carbons (Fsp3) is 0.533. The predicted octanol–water partition coefficient (Wildman–Crippen LogP) is 5.65. The number of halogens is 1. The highest BCUT2D eigenvalue weighted by Crippen LogP contribution is 2.37. The lowest BCUT2D eigenvalue weighted by atomic mass is 9.86. The number of benzene rings is 2. The van der Waals surface area contributed by atoms with Crippen LogP contribution in [0.1, 0.15) is 72.5 Å². The van der Waals surface area contributed by atoms with Crippen molar-refractivity contribution in [3.05, 3.63) is 58.7 Å². The zero-order chi connectivity index (χ0) is 24.4. The molecule has 0 bridgehead atoms. The molecule has 0 N–H and O–H groups in total. The summed E-state index contributed by atoms with van der Waals surface area (Å²) in [4.78, 5) is 30.0. The molecule has 2 aromatic rings. The van der Waals surface area contributed by atoms with Gasteiger partial charge in [0.2, 0.25) is 5.91 Å². The maximum atomic E-state index is 13.1. The third kappa shape index (κ3) is 5.63. The quantitative estimate of drug-likeness (QED) is 0.431. The van der Waals surface area contributed by atoms with Gasteiger partial charge >= 0.3 is 0 Å². The van der Waals surface area contributed by atoms with Gasteiger partial charge in [0.25, 0.3) is 0 Å². The average Bonchev–Trinajstić information content (AvgIpc) is 2.89. The number of carbonyl (C=O) groups excluding carboxylic acids is 2. The molecule has 0 saturated carbocycles. The topological polar surface area (TPSA) is 49.9 Å². The lowest BCUT2D eigenvalue weighted by Gasteiger charge is -2.36. The molecular weight excluding hydrogens is 472 g/mol. The Bertz CT molecular complexity index is 1080. The Hall–Kier alpha value is -2.37. The number of rotatable bonds is 8. The molecule has 3 aliphatic heterocycles. The highest BCUT2D eigenvalue weighted by Gasteiger charge is 2.30. The molecule has 5 nitrogen and oxygen atoms in total. The number of hydrogen-bond donors (Lipinski definition) is 0. The average molecular weight is 511 g/mol. The molecule has 1 unspecified atom stereocenters. The van der Waals surface area contributed by atoms with E-state index in [0.29, 0.717) is 24.8 Å². The van der Waals surface area contributed by atoms with E-state index in [-0.39, 0.29) is 24.1 Å². The van der Waals surface area contributed by atoms with E-state index < -0.39 is 0 Å². The minimum atomic E-state index is 0. The second-order valence-electron chi connectivity index (χ2n) is 10.6. The first kappa shape index (κ1) is 26.7. The largest absolute Gasteiger partial charge is 0.496 e. The first-order valence-electron chi connectivity index (χ1n) is 13.4. The van der Waals surface area contributed by atoms with Gasteiger partial charge in [0, 0.05) is 31.0 Å². The SMILES string of the molecule is COc1ccccc1CC(C)N1CCC(CCC(=O)c2cc3c4c(c2)CCC(=O)N4CCC3)CC1.Cl. The number of nitrogens with zero attached hydrogens (tertiary/aromatic N) is 2. The van der Waals surface area contributed by atoms with Gasteiger partial charge in [0.1, 0.15) is 5.75 Å². The number of anilines is 1. The molecule has 1 saturated heterocycles. The Morgan fingerprint density at radius 1 is 1.06 bits per heavy atom. The summed E-state index contributed by atoms with van der Waals surface area (Å²) >= 11 is 0. The molecule has 0 aromatic heterocycles. The summed E-state index contributed by atoms with van der Waals surface area (Å²) in [5.41, 5.74) is 5.63. The number of ketones is 1. The number of likely N-dealkylation sites (tertiary alicyclic amines) is 1. The van der Waals surface area contributed by atoms with Gasteiger partial charge in [-0.25, -0.2) is 0 Å².